The normalized spacial score (nSPS) is 11.0. The van der Waals surface area contributed by atoms with E-state index in [1.54, 1.807) is 36.4 Å². The molecule has 0 saturated heterocycles. The molecule has 0 amide bonds. The molecule has 0 aromatic heterocycles. The van der Waals surface area contributed by atoms with Gasteiger partial charge in [0.15, 0.2) is 9.84 Å². The number of benzene rings is 2. The van der Waals surface area contributed by atoms with Gasteiger partial charge in [-0.3, -0.25) is 0 Å². The fraction of sp³-hybridized carbons (Fsp3) is 0.133. The summed E-state index contributed by atoms with van der Waals surface area (Å²) < 4.78 is 24.3. The second-order valence-corrected chi connectivity index (χ2v) is 6.91. The quantitative estimate of drug-likeness (QED) is 0.870. The first-order valence-corrected chi connectivity index (χ1v) is 8.13. The highest BCUT2D eigenvalue weighted by Crippen LogP contribution is 2.21. The summed E-state index contributed by atoms with van der Waals surface area (Å²) in [4.78, 5) is 0. The predicted molar refractivity (Wildman–Crippen MR) is 78.9 cm³/mol. The third kappa shape index (κ3) is 3.83. The van der Waals surface area contributed by atoms with Gasteiger partial charge in [-0.15, -0.1) is 0 Å². The molecule has 0 unspecified atom stereocenters. The molecule has 5 heteroatoms. The van der Waals surface area contributed by atoms with E-state index in [9.17, 15) is 8.42 Å². The largest absolute Gasteiger partial charge is 0.228 e. The Morgan fingerprint density at radius 2 is 1.75 bits per heavy atom. The second-order valence-electron chi connectivity index (χ2n) is 4.44. The standard InChI is InChI=1S/C15H12ClNO2S/c16-15-8-13(9-17)6-7-14(15)11-20(18,19)10-12-4-2-1-3-5-12/h1-8H,10-11H2. The molecule has 102 valence electrons. The Hall–Kier alpha value is -1.83. The van der Waals surface area contributed by atoms with E-state index in [1.165, 1.54) is 6.07 Å². The number of halogens is 1. The number of hydrogen-bond donors (Lipinski definition) is 0. The molecule has 3 nitrogen and oxygen atoms in total. The smallest absolute Gasteiger partial charge is 0.158 e. The van der Waals surface area contributed by atoms with E-state index in [0.717, 1.165) is 5.56 Å². The van der Waals surface area contributed by atoms with Crippen molar-refractivity contribution in [2.45, 2.75) is 11.5 Å². The van der Waals surface area contributed by atoms with Crippen LogP contribution in [0.5, 0.6) is 0 Å². The predicted octanol–water partition coefficient (Wildman–Crippen LogP) is 3.33. The molecule has 0 aliphatic heterocycles. The van der Waals surface area contributed by atoms with Crippen LogP contribution in [0.15, 0.2) is 48.5 Å². The van der Waals surface area contributed by atoms with E-state index >= 15 is 0 Å². The minimum Gasteiger partial charge on any atom is -0.228 e. The summed E-state index contributed by atoms with van der Waals surface area (Å²) in [5, 5.41) is 9.06. The second kappa shape index (κ2) is 6.08. The molecule has 0 aliphatic rings. The lowest BCUT2D eigenvalue weighted by molar-refractivity contribution is 0.594. The molecule has 2 rings (SSSR count). The van der Waals surface area contributed by atoms with Crippen LogP contribution in [0.2, 0.25) is 5.02 Å². The molecule has 0 spiro atoms. The highest BCUT2D eigenvalue weighted by molar-refractivity contribution is 7.89. The lowest BCUT2D eigenvalue weighted by Crippen LogP contribution is -2.08. The fourth-order valence-electron chi connectivity index (χ4n) is 1.85. The van der Waals surface area contributed by atoms with Gasteiger partial charge in [0, 0.05) is 5.02 Å². The average molecular weight is 306 g/mol. The molecule has 0 aliphatic carbocycles. The molecule has 0 saturated carbocycles. The van der Waals surface area contributed by atoms with E-state index in [-0.39, 0.29) is 11.5 Å². The third-order valence-corrected chi connectivity index (χ3v) is 4.66. The molecule has 2 aromatic rings. The number of nitrogens with zero attached hydrogens (tertiary/aromatic N) is 1. The molecular weight excluding hydrogens is 294 g/mol. The van der Waals surface area contributed by atoms with Crippen molar-refractivity contribution in [1.82, 2.24) is 0 Å². The van der Waals surface area contributed by atoms with E-state index in [4.69, 9.17) is 16.9 Å². The molecule has 0 atom stereocenters. The lowest BCUT2D eigenvalue weighted by Gasteiger charge is -2.07. The lowest BCUT2D eigenvalue weighted by atomic mass is 10.2. The first-order valence-electron chi connectivity index (χ1n) is 5.93. The van der Waals surface area contributed by atoms with Gasteiger partial charge < -0.3 is 0 Å². The van der Waals surface area contributed by atoms with Gasteiger partial charge in [0.05, 0.1) is 23.1 Å². The number of hydrogen-bond acceptors (Lipinski definition) is 3. The van der Waals surface area contributed by atoms with Crippen LogP contribution in [0.4, 0.5) is 0 Å². The van der Waals surface area contributed by atoms with E-state index in [1.807, 2.05) is 12.1 Å². The van der Waals surface area contributed by atoms with Crippen LogP contribution in [0, 0.1) is 11.3 Å². The zero-order valence-corrected chi connectivity index (χ0v) is 12.2. The summed E-state index contributed by atoms with van der Waals surface area (Å²) in [5.41, 5.74) is 1.68. The average Bonchev–Trinajstić information content (AvgIpc) is 2.41. The first-order chi connectivity index (χ1) is 9.50. The molecule has 2 aromatic carbocycles. The summed E-state index contributed by atoms with van der Waals surface area (Å²) in [6.07, 6.45) is 0. The Morgan fingerprint density at radius 3 is 2.35 bits per heavy atom. The van der Waals surface area contributed by atoms with Gasteiger partial charge in [0.2, 0.25) is 0 Å². The van der Waals surface area contributed by atoms with Crippen LogP contribution >= 0.6 is 11.6 Å². The van der Waals surface area contributed by atoms with E-state index in [2.05, 4.69) is 0 Å². The van der Waals surface area contributed by atoms with Crippen LogP contribution in [0.3, 0.4) is 0 Å². The highest BCUT2D eigenvalue weighted by atomic mass is 35.5. The first kappa shape index (κ1) is 14.6. The Bertz CT molecular complexity index is 749. The van der Waals surface area contributed by atoms with Crippen molar-refractivity contribution >= 4 is 21.4 Å². The summed E-state index contributed by atoms with van der Waals surface area (Å²) in [6, 6.07) is 15.6. The van der Waals surface area contributed by atoms with Gasteiger partial charge in [-0.2, -0.15) is 5.26 Å². The summed E-state index contributed by atoms with van der Waals surface area (Å²) in [7, 11) is -3.30. The van der Waals surface area contributed by atoms with Crippen LogP contribution in [-0.4, -0.2) is 8.42 Å². The van der Waals surface area contributed by atoms with Gasteiger partial charge in [-0.05, 0) is 23.3 Å². The van der Waals surface area contributed by atoms with Gasteiger partial charge >= 0.3 is 0 Å². The van der Waals surface area contributed by atoms with E-state index < -0.39 is 9.84 Å². The van der Waals surface area contributed by atoms with Crippen LogP contribution in [-0.2, 0) is 21.3 Å². The monoisotopic (exact) mass is 305 g/mol. The Labute approximate surface area is 123 Å². The van der Waals surface area contributed by atoms with Crippen LogP contribution in [0.1, 0.15) is 16.7 Å². The summed E-state index contributed by atoms with van der Waals surface area (Å²) in [5.74, 6) is -0.156. The third-order valence-electron chi connectivity index (χ3n) is 2.79. The van der Waals surface area contributed by atoms with Crippen molar-refractivity contribution in [3.05, 3.63) is 70.2 Å². The Morgan fingerprint density at radius 1 is 1.05 bits per heavy atom. The van der Waals surface area contributed by atoms with Crippen LogP contribution < -0.4 is 0 Å². The maximum absolute atomic E-state index is 12.2. The zero-order valence-electron chi connectivity index (χ0n) is 10.6. The van der Waals surface area contributed by atoms with Crippen molar-refractivity contribution in [2.24, 2.45) is 0 Å². The Kier molecular flexibility index (Phi) is 4.43. The van der Waals surface area contributed by atoms with Crippen molar-refractivity contribution in [1.29, 1.82) is 5.26 Å². The van der Waals surface area contributed by atoms with E-state index in [0.29, 0.717) is 16.1 Å². The molecule has 0 bridgehead atoms. The van der Waals surface area contributed by atoms with Crippen LogP contribution in [0.25, 0.3) is 0 Å². The minimum absolute atomic E-state index is 0.0236. The maximum atomic E-state index is 12.2. The van der Waals surface area contributed by atoms with Crippen molar-refractivity contribution < 1.29 is 8.42 Å². The van der Waals surface area contributed by atoms with Gasteiger partial charge in [-0.1, -0.05) is 48.0 Å². The van der Waals surface area contributed by atoms with Crippen molar-refractivity contribution in [3.63, 3.8) is 0 Å². The highest BCUT2D eigenvalue weighted by Gasteiger charge is 2.15. The zero-order chi connectivity index (χ0) is 14.6. The molecule has 0 radical (unpaired) electrons. The molecule has 0 fully saturated rings. The molecular formula is C15H12ClNO2S. The topological polar surface area (TPSA) is 57.9 Å². The maximum Gasteiger partial charge on any atom is 0.158 e. The Balaban J connectivity index is 2.19. The van der Waals surface area contributed by atoms with Crippen molar-refractivity contribution in [3.8, 4) is 6.07 Å². The fourth-order valence-corrected chi connectivity index (χ4v) is 3.70. The molecule has 20 heavy (non-hydrogen) atoms. The van der Waals surface area contributed by atoms with Gasteiger partial charge in [0.25, 0.3) is 0 Å². The SMILES string of the molecule is N#Cc1ccc(CS(=O)(=O)Cc2ccccc2)c(Cl)c1. The van der Waals surface area contributed by atoms with Gasteiger partial charge in [-0.25, -0.2) is 8.42 Å². The summed E-state index contributed by atoms with van der Waals surface area (Å²) >= 11 is 6.00. The minimum atomic E-state index is -3.30. The molecule has 0 N–H and O–H groups in total. The summed E-state index contributed by atoms with van der Waals surface area (Å²) in [6.45, 7) is 0. The number of sulfone groups is 1. The van der Waals surface area contributed by atoms with Crippen molar-refractivity contribution in [2.75, 3.05) is 0 Å². The number of nitriles is 1. The van der Waals surface area contributed by atoms with Gasteiger partial charge in [0.1, 0.15) is 0 Å². The number of rotatable bonds is 4. The molecule has 0 heterocycles.